The number of nitrogens with one attached hydrogen (secondary N) is 1. The van der Waals surface area contributed by atoms with Crippen LogP contribution in [0, 0.1) is 0 Å². The van der Waals surface area contributed by atoms with Crippen molar-refractivity contribution in [2.45, 2.75) is 23.6 Å². The summed E-state index contributed by atoms with van der Waals surface area (Å²) in [6, 6.07) is 13.3. The van der Waals surface area contributed by atoms with Crippen molar-refractivity contribution in [2.24, 2.45) is 5.73 Å². The van der Waals surface area contributed by atoms with E-state index < -0.39 is 17.1 Å². The Morgan fingerprint density at radius 2 is 1.97 bits per heavy atom. The SMILES string of the molecule is CCC(Sc1c([O-])on[n+]1-c1ccc(OC)cc1)C(=O)Nc1ccccc1C(N)=O. The van der Waals surface area contributed by atoms with Crippen molar-refractivity contribution < 1.29 is 28.6 Å². The molecule has 2 aromatic carbocycles. The fraction of sp³-hybridized carbons (Fsp3) is 0.200. The number of ether oxygens (including phenoxy) is 1. The predicted molar refractivity (Wildman–Crippen MR) is 108 cm³/mol. The van der Waals surface area contributed by atoms with Gasteiger partial charge in [-0.1, -0.05) is 19.1 Å². The maximum atomic E-state index is 12.8. The van der Waals surface area contributed by atoms with Gasteiger partial charge in [-0.2, -0.15) is 0 Å². The summed E-state index contributed by atoms with van der Waals surface area (Å²) < 4.78 is 11.3. The minimum atomic E-state index is -0.653. The second kappa shape index (κ2) is 9.31. The van der Waals surface area contributed by atoms with Gasteiger partial charge in [0.25, 0.3) is 10.9 Å². The highest BCUT2D eigenvalue weighted by molar-refractivity contribution is 8.00. The average Bonchev–Trinajstić information content (AvgIpc) is 3.12. The molecule has 0 aliphatic rings. The number of aromatic nitrogens is 2. The van der Waals surface area contributed by atoms with Gasteiger partial charge >= 0.3 is 0 Å². The zero-order chi connectivity index (χ0) is 21.7. The summed E-state index contributed by atoms with van der Waals surface area (Å²) in [7, 11) is 1.55. The number of methoxy groups -OCH3 is 1. The van der Waals surface area contributed by atoms with Crippen LogP contribution in [0.1, 0.15) is 23.7 Å². The molecule has 0 fully saturated rings. The molecule has 9 nitrogen and oxygen atoms in total. The molecule has 30 heavy (non-hydrogen) atoms. The summed E-state index contributed by atoms with van der Waals surface area (Å²) in [5.41, 5.74) is 6.46. The third-order valence-corrected chi connectivity index (χ3v) is 5.65. The van der Waals surface area contributed by atoms with Crippen LogP contribution in [0.3, 0.4) is 0 Å². The number of nitrogens with two attached hydrogens (primary N) is 1. The summed E-state index contributed by atoms with van der Waals surface area (Å²) in [6.07, 6.45) is 0.419. The monoisotopic (exact) mass is 428 g/mol. The summed E-state index contributed by atoms with van der Waals surface area (Å²) >= 11 is 1.03. The van der Waals surface area contributed by atoms with Gasteiger partial charge in [-0.3, -0.25) is 9.59 Å². The third kappa shape index (κ3) is 4.54. The molecule has 0 bridgehead atoms. The molecule has 156 valence electrons. The molecule has 10 heteroatoms. The lowest BCUT2D eigenvalue weighted by atomic mass is 10.1. The first kappa shape index (κ1) is 21.2. The van der Waals surface area contributed by atoms with Crippen LogP contribution >= 0.6 is 11.8 Å². The van der Waals surface area contributed by atoms with Gasteiger partial charge in [-0.25, -0.2) is 0 Å². The highest BCUT2D eigenvalue weighted by atomic mass is 32.2. The largest absolute Gasteiger partial charge is 0.538 e. The van der Waals surface area contributed by atoms with Gasteiger partial charge in [0.15, 0.2) is 5.95 Å². The number of amides is 2. The van der Waals surface area contributed by atoms with Crippen molar-refractivity contribution in [3.8, 4) is 17.4 Å². The molecular formula is C20H20N4O5S. The van der Waals surface area contributed by atoms with Gasteiger partial charge in [0.1, 0.15) is 5.75 Å². The molecule has 0 spiro atoms. The van der Waals surface area contributed by atoms with E-state index in [-0.39, 0.29) is 16.5 Å². The van der Waals surface area contributed by atoms with Crippen LogP contribution in [-0.2, 0) is 4.79 Å². The van der Waals surface area contributed by atoms with Gasteiger partial charge in [0.2, 0.25) is 11.6 Å². The Hall–Kier alpha value is -3.53. The molecule has 3 rings (SSSR count). The number of carbonyl (C=O) groups excluding carboxylic acids is 2. The first-order valence-corrected chi connectivity index (χ1v) is 9.92. The van der Waals surface area contributed by atoms with E-state index in [4.69, 9.17) is 15.0 Å². The van der Waals surface area contributed by atoms with Gasteiger partial charge in [0.05, 0.1) is 28.9 Å². The van der Waals surface area contributed by atoms with Crippen LogP contribution < -0.4 is 25.6 Å². The Bertz CT molecular complexity index is 1050. The molecule has 0 aliphatic heterocycles. The first-order valence-electron chi connectivity index (χ1n) is 9.04. The standard InChI is InChI=1S/C20H20N4O5S/c1-3-16(18(26)22-15-7-5-4-6-14(15)17(21)25)30-19-20(27)29-23-24(19)12-8-10-13(28-2)11-9-12/h4-11,16H,3H2,1-2H3,(H3-,21,22,23,25,26,27). The number of primary amides is 1. The molecule has 1 aromatic heterocycles. The van der Waals surface area contributed by atoms with Crippen LogP contribution in [0.25, 0.3) is 5.69 Å². The van der Waals surface area contributed by atoms with Crippen molar-refractivity contribution in [2.75, 3.05) is 12.4 Å². The fourth-order valence-corrected chi connectivity index (χ4v) is 3.68. The Balaban J connectivity index is 1.83. The van der Waals surface area contributed by atoms with Crippen LogP contribution in [0.5, 0.6) is 11.7 Å². The minimum Gasteiger partial charge on any atom is -0.538 e. The van der Waals surface area contributed by atoms with Crippen molar-refractivity contribution >= 4 is 29.3 Å². The van der Waals surface area contributed by atoms with E-state index in [1.807, 2.05) is 6.92 Å². The number of rotatable bonds is 8. The van der Waals surface area contributed by atoms with E-state index in [9.17, 15) is 14.7 Å². The van der Waals surface area contributed by atoms with E-state index in [1.165, 1.54) is 10.7 Å². The lowest BCUT2D eigenvalue weighted by Gasteiger charge is -2.14. The molecule has 3 aromatic rings. The summed E-state index contributed by atoms with van der Waals surface area (Å²) in [5.74, 6) is -1.03. The molecule has 1 unspecified atom stereocenters. The number of anilines is 1. The molecule has 0 radical (unpaired) electrons. The number of thioether (sulfide) groups is 1. The van der Waals surface area contributed by atoms with Crippen molar-refractivity contribution in [3.63, 3.8) is 0 Å². The van der Waals surface area contributed by atoms with E-state index >= 15 is 0 Å². The molecule has 2 amide bonds. The highest BCUT2D eigenvalue weighted by Gasteiger charge is 2.28. The quantitative estimate of drug-likeness (QED) is 0.411. The van der Waals surface area contributed by atoms with E-state index in [1.54, 1.807) is 49.6 Å². The van der Waals surface area contributed by atoms with Gasteiger partial charge in [-0.15, -0.1) is 0 Å². The first-order chi connectivity index (χ1) is 14.4. The summed E-state index contributed by atoms with van der Waals surface area (Å²) in [6.45, 7) is 1.81. The van der Waals surface area contributed by atoms with Crippen molar-refractivity contribution in [1.29, 1.82) is 0 Å². The normalized spacial score (nSPS) is 11.7. The number of carbonyl (C=O) groups is 2. The average molecular weight is 428 g/mol. The van der Waals surface area contributed by atoms with Gasteiger partial charge < -0.3 is 25.4 Å². The lowest BCUT2D eigenvalue weighted by molar-refractivity contribution is -0.705. The van der Waals surface area contributed by atoms with E-state index in [2.05, 4.69) is 10.6 Å². The maximum Gasteiger partial charge on any atom is 0.298 e. The van der Waals surface area contributed by atoms with Crippen LogP contribution in [0.15, 0.2) is 58.1 Å². The highest BCUT2D eigenvalue weighted by Crippen LogP contribution is 2.30. The Kier molecular flexibility index (Phi) is 6.58. The number of benzene rings is 2. The Morgan fingerprint density at radius 3 is 2.60 bits per heavy atom. The second-order valence-corrected chi connectivity index (χ2v) is 7.38. The zero-order valence-electron chi connectivity index (χ0n) is 16.3. The van der Waals surface area contributed by atoms with Crippen LogP contribution in [-0.4, -0.2) is 29.4 Å². The van der Waals surface area contributed by atoms with Crippen LogP contribution in [0.2, 0.25) is 0 Å². The Labute approximate surface area is 176 Å². The minimum absolute atomic E-state index is 0.158. The van der Waals surface area contributed by atoms with E-state index in [0.717, 1.165) is 11.8 Å². The summed E-state index contributed by atoms with van der Waals surface area (Å²) in [5, 5.41) is 18.2. The van der Waals surface area contributed by atoms with Crippen molar-refractivity contribution in [3.05, 3.63) is 54.1 Å². The molecule has 1 heterocycles. The predicted octanol–water partition coefficient (Wildman–Crippen LogP) is 1.64. The number of para-hydroxylation sites is 1. The molecule has 0 aliphatic carbocycles. The molecule has 1 atom stereocenters. The fourth-order valence-electron chi connectivity index (χ4n) is 2.70. The smallest absolute Gasteiger partial charge is 0.298 e. The second-order valence-electron chi connectivity index (χ2n) is 6.19. The molecule has 0 saturated heterocycles. The summed E-state index contributed by atoms with van der Waals surface area (Å²) in [4.78, 5) is 24.4. The van der Waals surface area contributed by atoms with Crippen molar-refractivity contribution in [1.82, 2.24) is 5.27 Å². The van der Waals surface area contributed by atoms with E-state index in [0.29, 0.717) is 23.5 Å². The third-order valence-electron chi connectivity index (χ3n) is 4.26. The topological polar surface area (TPSA) is 134 Å². The van der Waals surface area contributed by atoms with Gasteiger partial charge in [-0.05, 0) is 47.1 Å². The Morgan fingerprint density at radius 1 is 1.27 bits per heavy atom. The van der Waals surface area contributed by atoms with Crippen LogP contribution in [0.4, 0.5) is 5.69 Å². The number of hydrogen-bond acceptors (Lipinski definition) is 7. The van der Waals surface area contributed by atoms with Gasteiger partial charge in [0, 0.05) is 12.1 Å². The molecule has 3 N–H and O–H groups in total. The zero-order valence-corrected chi connectivity index (χ0v) is 17.1. The molecular weight excluding hydrogens is 408 g/mol. The number of nitrogens with zero attached hydrogens (tertiary/aromatic N) is 2. The maximum absolute atomic E-state index is 12.8. The molecule has 0 saturated carbocycles. The number of hydrogen-bond donors (Lipinski definition) is 2. The lowest BCUT2D eigenvalue weighted by Crippen LogP contribution is -2.36.